The van der Waals surface area contributed by atoms with E-state index in [1.807, 2.05) is 29.6 Å². The summed E-state index contributed by atoms with van der Waals surface area (Å²) < 4.78 is 8.04. The molecule has 0 unspecified atom stereocenters. The summed E-state index contributed by atoms with van der Waals surface area (Å²) >= 11 is 1.48. The molecule has 1 amide bonds. The maximum atomic E-state index is 11.8. The molecule has 10 heteroatoms. The van der Waals surface area contributed by atoms with Crippen LogP contribution in [-0.4, -0.2) is 51.8 Å². The highest BCUT2D eigenvalue weighted by atomic mass is 32.1. The van der Waals surface area contributed by atoms with Crippen LogP contribution in [0.2, 0.25) is 0 Å². The molecule has 1 aliphatic rings. The number of nitrogens with zero attached hydrogens (tertiary/aromatic N) is 5. The molecule has 1 aliphatic heterocycles. The van der Waals surface area contributed by atoms with Gasteiger partial charge in [-0.2, -0.15) is 5.10 Å². The minimum absolute atomic E-state index is 0.442. The predicted molar refractivity (Wildman–Crippen MR) is 133 cm³/mol. The molecule has 3 N–H and O–H groups in total. The van der Waals surface area contributed by atoms with Crippen LogP contribution in [-0.2, 0) is 4.74 Å². The van der Waals surface area contributed by atoms with E-state index in [0.717, 1.165) is 53.3 Å². The molecule has 1 fully saturated rings. The van der Waals surface area contributed by atoms with Gasteiger partial charge in [-0.05, 0) is 30.3 Å². The van der Waals surface area contributed by atoms with Crippen LogP contribution in [0.15, 0.2) is 60.4 Å². The fourth-order valence-electron chi connectivity index (χ4n) is 4.25. The summed E-state index contributed by atoms with van der Waals surface area (Å²) in [6.07, 6.45) is 3.28. The number of amides is 1. The first kappa shape index (κ1) is 20.6. The van der Waals surface area contributed by atoms with Crippen molar-refractivity contribution in [3.05, 3.63) is 65.9 Å². The van der Waals surface area contributed by atoms with E-state index in [4.69, 9.17) is 10.5 Å². The number of carbonyl (C=O) groups excluding carboxylic acids is 1. The Hall–Kier alpha value is -4.02. The van der Waals surface area contributed by atoms with E-state index in [9.17, 15) is 4.79 Å². The number of hydrogen-bond acceptors (Lipinski definition) is 8. The van der Waals surface area contributed by atoms with E-state index in [2.05, 4.69) is 37.4 Å². The number of anilines is 3. The molecular weight excluding hydrogens is 450 g/mol. The van der Waals surface area contributed by atoms with Gasteiger partial charge in [-0.3, -0.25) is 4.79 Å². The minimum atomic E-state index is -0.442. The third-order valence-corrected chi connectivity index (χ3v) is 6.98. The summed E-state index contributed by atoms with van der Waals surface area (Å²) in [4.78, 5) is 23.2. The van der Waals surface area contributed by atoms with Crippen LogP contribution >= 0.6 is 11.3 Å². The van der Waals surface area contributed by atoms with Gasteiger partial charge in [0.15, 0.2) is 11.5 Å². The largest absolute Gasteiger partial charge is 0.378 e. The van der Waals surface area contributed by atoms with Crippen LogP contribution in [0, 0.1) is 0 Å². The standard InChI is InChI=1S/C24H21N7O2S/c25-22(32)18-3-1-2-17-19(13-34-21(17)18)20-12-26-23(24-27-14-28-31(20)24)29-15-4-6-16(7-5-15)30-8-10-33-11-9-30/h1-7,12-14H,8-11H2,(H2,25,32)(H,26,29). The molecule has 1 saturated heterocycles. The molecule has 5 aromatic rings. The number of hydrogen-bond donors (Lipinski definition) is 2. The summed E-state index contributed by atoms with van der Waals surface area (Å²) in [7, 11) is 0. The van der Waals surface area contributed by atoms with E-state index in [1.165, 1.54) is 23.4 Å². The van der Waals surface area contributed by atoms with Gasteiger partial charge < -0.3 is 20.7 Å². The molecule has 34 heavy (non-hydrogen) atoms. The molecule has 0 saturated carbocycles. The smallest absolute Gasteiger partial charge is 0.250 e. The second kappa shape index (κ2) is 8.40. The van der Waals surface area contributed by atoms with Crippen molar-refractivity contribution in [2.75, 3.05) is 36.5 Å². The van der Waals surface area contributed by atoms with Crippen molar-refractivity contribution in [3.8, 4) is 11.3 Å². The monoisotopic (exact) mass is 471 g/mol. The lowest BCUT2D eigenvalue weighted by Crippen LogP contribution is -2.36. The number of fused-ring (bicyclic) bond motifs is 2. The number of rotatable bonds is 5. The third kappa shape index (κ3) is 3.53. The van der Waals surface area contributed by atoms with Crippen LogP contribution < -0.4 is 16.0 Å². The number of primary amides is 1. The highest BCUT2D eigenvalue weighted by Crippen LogP contribution is 2.36. The number of benzene rings is 2. The van der Waals surface area contributed by atoms with Crippen molar-refractivity contribution in [2.24, 2.45) is 5.73 Å². The Morgan fingerprint density at radius 2 is 1.91 bits per heavy atom. The quantitative estimate of drug-likeness (QED) is 0.402. The Balaban J connectivity index is 1.33. The van der Waals surface area contributed by atoms with E-state index in [0.29, 0.717) is 17.0 Å². The Labute approximate surface area is 198 Å². The summed E-state index contributed by atoms with van der Waals surface area (Å²) in [6.45, 7) is 3.30. The molecule has 0 radical (unpaired) electrons. The summed E-state index contributed by atoms with van der Waals surface area (Å²) in [5.41, 5.74) is 10.5. The Bertz CT molecular complexity index is 1500. The fourth-order valence-corrected chi connectivity index (χ4v) is 5.34. The van der Waals surface area contributed by atoms with Crippen molar-refractivity contribution in [1.29, 1.82) is 0 Å². The molecule has 3 aromatic heterocycles. The number of thiophene rings is 1. The Morgan fingerprint density at radius 1 is 1.09 bits per heavy atom. The normalized spacial score (nSPS) is 14.1. The predicted octanol–water partition coefficient (Wildman–Crippen LogP) is 3.69. The lowest BCUT2D eigenvalue weighted by Gasteiger charge is -2.28. The van der Waals surface area contributed by atoms with Gasteiger partial charge in [0, 0.05) is 45.5 Å². The third-order valence-electron chi connectivity index (χ3n) is 5.95. The van der Waals surface area contributed by atoms with Gasteiger partial charge in [-0.1, -0.05) is 12.1 Å². The second-order valence-corrected chi connectivity index (χ2v) is 8.83. The van der Waals surface area contributed by atoms with E-state index in [-0.39, 0.29) is 0 Å². The summed E-state index contributed by atoms with van der Waals surface area (Å²) in [6, 6.07) is 13.8. The van der Waals surface area contributed by atoms with E-state index in [1.54, 1.807) is 16.8 Å². The first-order valence-electron chi connectivity index (χ1n) is 10.9. The lowest BCUT2D eigenvalue weighted by molar-refractivity contribution is 0.100. The Kier molecular flexibility index (Phi) is 5.08. The van der Waals surface area contributed by atoms with E-state index >= 15 is 0 Å². The van der Waals surface area contributed by atoms with Crippen molar-refractivity contribution >= 4 is 50.2 Å². The van der Waals surface area contributed by atoms with Crippen LogP contribution in [0.3, 0.4) is 0 Å². The van der Waals surface area contributed by atoms with Crippen molar-refractivity contribution in [2.45, 2.75) is 0 Å². The number of nitrogens with one attached hydrogen (secondary N) is 1. The number of nitrogens with two attached hydrogens (primary N) is 1. The van der Waals surface area contributed by atoms with Gasteiger partial charge in [0.1, 0.15) is 6.33 Å². The van der Waals surface area contributed by atoms with Crippen molar-refractivity contribution in [1.82, 2.24) is 19.6 Å². The van der Waals surface area contributed by atoms with Crippen LogP contribution in [0.4, 0.5) is 17.2 Å². The number of morpholine rings is 1. The van der Waals surface area contributed by atoms with Gasteiger partial charge in [0.25, 0.3) is 0 Å². The minimum Gasteiger partial charge on any atom is -0.378 e. The van der Waals surface area contributed by atoms with E-state index < -0.39 is 5.91 Å². The second-order valence-electron chi connectivity index (χ2n) is 7.95. The average Bonchev–Trinajstić information content (AvgIpc) is 3.53. The molecule has 4 heterocycles. The molecule has 0 spiro atoms. The zero-order valence-corrected chi connectivity index (χ0v) is 19.0. The zero-order chi connectivity index (χ0) is 23.1. The van der Waals surface area contributed by atoms with Gasteiger partial charge in [-0.25, -0.2) is 14.5 Å². The molecule has 0 aliphatic carbocycles. The molecule has 170 valence electrons. The highest BCUT2D eigenvalue weighted by Gasteiger charge is 2.17. The van der Waals surface area contributed by atoms with Gasteiger partial charge >= 0.3 is 0 Å². The highest BCUT2D eigenvalue weighted by molar-refractivity contribution is 7.18. The zero-order valence-electron chi connectivity index (χ0n) is 18.1. The van der Waals surface area contributed by atoms with Crippen molar-refractivity contribution < 1.29 is 9.53 Å². The number of ether oxygens (including phenoxy) is 1. The maximum Gasteiger partial charge on any atom is 0.250 e. The topological polar surface area (TPSA) is 111 Å². The number of aromatic nitrogens is 4. The summed E-state index contributed by atoms with van der Waals surface area (Å²) in [5, 5.41) is 10.7. The molecule has 6 rings (SSSR count). The SMILES string of the molecule is NC(=O)c1cccc2c(-c3cnc(Nc4ccc(N5CCOCC5)cc4)c4ncnn34)csc12. The first-order valence-corrected chi connectivity index (χ1v) is 11.8. The molecule has 9 nitrogen and oxygen atoms in total. The maximum absolute atomic E-state index is 11.8. The van der Waals surface area contributed by atoms with Gasteiger partial charge in [0.2, 0.25) is 5.91 Å². The molecule has 0 bridgehead atoms. The molecular formula is C24H21N7O2S. The average molecular weight is 472 g/mol. The van der Waals surface area contributed by atoms with Crippen LogP contribution in [0.1, 0.15) is 10.4 Å². The molecule has 0 atom stereocenters. The first-order chi connectivity index (χ1) is 16.7. The van der Waals surface area contributed by atoms with Crippen LogP contribution in [0.25, 0.3) is 27.0 Å². The van der Waals surface area contributed by atoms with Gasteiger partial charge in [0.05, 0.1) is 30.7 Å². The fraction of sp³-hybridized carbons (Fsp3) is 0.167. The van der Waals surface area contributed by atoms with Crippen LogP contribution in [0.5, 0.6) is 0 Å². The number of carbonyl (C=O) groups is 1. The van der Waals surface area contributed by atoms with Gasteiger partial charge in [-0.15, -0.1) is 11.3 Å². The Morgan fingerprint density at radius 3 is 2.71 bits per heavy atom. The van der Waals surface area contributed by atoms with Crippen molar-refractivity contribution in [3.63, 3.8) is 0 Å². The summed E-state index contributed by atoms with van der Waals surface area (Å²) in [5.74, 6) is 0.167. The molecule has 2 aromatic carbocycles. The lowest BCUT2D eigenvalue weighted by atomic mass is 10.1.